The predicted octanol–water partition coefficient (Wildman–Crippen LogP) is 22.8. The fraction of sp³-hybridized carbons (Fsp3) is 0. The highest BCUT2D eigenvalue weighted by Crippen LogP contribution is 2.41. The Morgan fingerprint density at radius 1 is 0.204 bits per heavy atom. The third-order valence-electron chi connectivity index (χ3n) is 19.3. The molecule has 458 valence electrons. The molecule has 8 heteroatoms. The van der Waals surface area contributed by atoms with Crippen molar-refractivity contribution in [1.82, 2.24) is 38.2 Å². The minimum absolute atomic E-state index is 0.710. The van der Waals surface area contributed by atoms with Gasteiger partial charge in [0, 0.05) is 100 Å². The number of aromatic nitrogens is 8. The van der Waals surface area contributed by atoms with Gasteiger partial charge in [0.05, 0.1) is 55.5 Å². The van der Waals surface area contributed by atoms with Crippen LogP contribution < -0.4 is 0 Å². The third-order valence-corrected chi connectivity index (χ3v) is 19.3. The monoisotopic (exact) mass is 1250 g/mol. The average molecular weight is 1250 g/mol. The molecular formula is C90H58N8. The summed E-state index contributed by atoms with van der Waals surface area (Å²) in [5, 5.41) is 11.8. The summed E-state index contributed by atoms with van der Waals surface area (Å²) in [5.74, 6) is 1.43. The second kappa shape index (κ2) is 23.3. The largest absolute Gasteiger partial charge is 0.317 e. The van der Waals surface area contributed by atoms with Crippen LogP contribution >= 0.6 is 0 Å². The lowest BCUT2D eigenvalue weighted by Crippen LogP contribution is -1.97. The minimum atomic E-state index is 0.710. The number of rotatable bonds is 9. The van der Waals surface area contributed by atoms with Crippen LogP contribution in [0.4, 0.5) is 0 Å². The maximum Gasteiger partial charge on any atom is 0.160 e. The lowest BCUT2D eigenvalue weighted by Gasteiger charge is -2.12. The van der Waals surface area contributed by atoms with E-state index >= 15 is 0 Å². The molecule has 0 radical (unpaired) electrons. The molecule has 0 saturated carbocycles. The Bertz CT molecular complexity index is 6460. The highest BCUT2D eigenvalue weighted by Gasteiger charge is 2.20. The molecular weight excluding hydrogens is 1190 g/mol. The highest BCUT2D eigenvalue weighted by atomic mass is 15.0. The van der Waals surface area contributed by atoms with E-state index in [1.165, 1.54) is 81.8 Å². The van der Waals surface area contributed by atoms with Crippen LogP contribution in [0.15, 0.2) is 352 Å². The Morgan fingerprint density at radius 2 is 0.622 bits per heavy atom. The third kappa shape index (κ3) is 9.61. The number of hydrogen-bond donors (Lipinski definition) is 0. The maximum atomic E-state index is 5.23. The van der Waals surface area contributed by atoms with E-state index in [0.29, 0.717) is 5.82 Å². The van der Waals surface area contributed by atoms with Crippen molar-refractivity contribution in [3.8, 4) is 79.2 Å². The SMILES string of the molecule is c1ccc(-c2cccc(-c3nc(-c4ccc(-n5c6ccccc6c6cc7c(ccn7-c7ccccc7)cc65)cc4)nc4ccccc34)c2)cc1.c1ccc(-n2ccc3cc4c(cc32)c2ccccc2n4-c2ccc(-c3nc(-c4cccc5ccccc45)c4ccccc4n3)cc2)cc1. The van der Waals surface area contributed by atoms with Crippen molar-refractivity contribution in [3.05, 3.63) is 352 Å². The van der Waals surface area contributed by atoms with E-state index in [1.807, 2.05) is 18.2 Å². The first-order valence-electron chi connectivity index (χ1n) is 33.2. The Balaban J connectivity index is 0.000000137. The minimum Gasteiger partial charge on any atom is -0.317 e. The van der Waals surface area contributed by atoms with Crippen LogP contribution in [0.25, 0.3) is 177 Å². The zero-order valence-corrected chi connectivity index (χ0v) is 53.1. The quantitative estimate of drug-likeness (QED) is 0.144. The van der Waals surface area contributed by atoms with Gasteiger partial charge in [-0.15, -0.1) is 0 Å². The van der Waals surface area contributed by atoms with Gasteiger partial charge in [-0.3, -0.25) is 0 Å². The molecule has 0 atom stereocenters. The normalized spacial score (nSPS) is 11.7. The highest BCUT2D eigenvalue weighted by molar-refractivity contribution is 6.15. The van der Waals surface area contributed by atoms with Crippen LogP contribution in [0.1, 0.15) is 0 Å². The van der Waals surface area contributed by atoms with E-state index in [9.17, 15) is 0 Å². The Morgan fingerprint density at radius 3 is 1.17 bits per heavy atom. The van der Waals surface area contributed by atoms with Gasteiger partial charge in [-0.25, -0.2) is 19.9 Å². The zero-order chi connectivity index (χ0) is 64.6. The summed E-state index contributed by atoms with van der Waals surface area (Å²) in [7, 11) is 0. The van der Waals surface area contributed by atoms with E-state index in [1.54, 1.807) is 0 Å². The lowest BCUT2D eigenvalue weighted by atomic mass is 9.99. The molecule has 20 aromatic rings. The van der Waals surface area contributed by atoms with Gasteiger partial charge >= 0.3 is 0 Å². The zero-order valence-electron chi connectivity index (χ0n) is 53.1. The van der Waals surface area contributed by atoms with Gasteiger partial charge in [-0.05, 0) is 161 Å². The molecule has 6 aromatic heterocycles. The van der Waals surface area contributed by atoms with Crippen LogP contribution in [0.2, 0.25) is 0 Å². The van der Waals surface area contributed by atoms with Crippen molar-refractivity contribution in [2.45, 2.75) is 0 Å². The fourth-order valence-corrected chi connectivity index (χ4v) is 14.6. The van der Waals surface area contributed by atoms with Gasteiger partial charge in [-0.2, -0.15) is 0 Å². The number of para-hydroxylation sites is 6. The van der Waals surface area contributed by atoms with Gasteiger partial charge in [0.25, 0.3) is 0 Å². The molecule has 0 unspecified atom stereocenters. The predicted molar refractivity (Wildman–Crippen MR) is 406 cm³/mol. The molecule has 0 saturated heterocycles. The summed E-state index contributed by atoms with van der Waals surface area (Å²) in [6.07, 6.45) is 4.33. The van der Waals surface area contributed by atoms with Crippen molar-refractivity contribution in [1.29, 1.82) is 0 Å². The first-order valence-corrected chi connectivity index (χ1v) is 33.2. The average Bonchev–Trinajstić information content (AvgIpc) is 1.57. The second-order valence-corrected chi connectivity index (χ2v) is 25.0. The van der Waals surface area contributed by atoms with Gasteiger partial charge in [0.15, 0.2) is 11.6 Å². The Hall–Kier alpha value is -13.3. The molecule has 0 fully saturated rings. The van der Waals surface area contributed by atoms with E-state index < -0.39 is 0 Å². The van der Waals surface area contributed by atoms with Crippen LogP contribution in [0.3, 0.4) is 0 Å². The topological polar surface area (TPSA) is 71.3 Å². The Labute approximate surface area is 564 Å². The van der Waals surface area contributed by atoms with E-state index in [0.717, 1.165) is 89.6 Å². The smallest absolute Gasteiger partial charge is 0.160 e. The molecule has 20 rings (SSSR count). The summed E-state index contributed by atoms with van der Waals surface area (Å²) >= 11 is 0. The van der Waals surface area contributed by atoms with Crippen molar-refractivity contribution >= 4 is 98.0 Å². The van der Waals surface area contributed by atoms with Crippen molar-refractivity contribution in [2.75, 3.05) is 0 Å². The van der Waals surface area contributed by atoms with Gasteiger partial charge in [-0.1, -0.05) is 200 Å². The fourth-order valence-electron chi connectivity index (χ4n) is 14.6. The van der Waals surface area contributed by atoms with Gasteiger partial charge in [0.2, 0.25) is 0 Å². The molecule has 8 nitrogen and oxygen atoms in total. The van der Waals surface area contributed by atoms with Crippen molar-refractivity contribution < 1.29 is 0 Å². The molecule has 0 spiro atoms. The first-order chi connectivity index (χ1) is 48.6. The van der Waals surface area contributed by atoms with Gasteiger partial charge in [0.1, 0.15) is 0 Å². The van der Waals surface area contributed by atoms with E-state index in [2.05, 4.69) is 352 Å². The van der Waals surface area contributed by atoms with Crippen LogP contribution in [0, 0.1) is 0 Å². The molecule has 0 aliphatic carbocycles. The Kier molecular flexibility index (Phi) is 13.4. The first kappa shape index (κ1) is 56.3. The summed E-state index contributed by atoms with van der Waals surface area (Å²) < 4.78 is 9.28. The second-order valence-electron chi connectivity index (χ2n) is 25.0. The van der Waals surface area contributed by atoms with Crippen molar-refractivity contribution in [2.24, 2.45) is 0 Å². The molecule has 0 aliphatic rings. The van der Waals surface area contributed by atoms with Crippen LogP contribution in [0.5, 0.6) is 0 Å². The number of hydrogen-bond acceptors (Lipinski definition) is 4. The van der Waals surface area contributed by atoms with E-state index in [-0.39, 0.29) is 0 Å². The summed E-state index contributed by atoms with van der Waals surface area (Å²) in [5.41, 5.74) is 21.8. The molecule has 98 heavy (non-hydrogen) atoms. The molecule has 14 aromatic carbocycles. The van der Waals surface area contributed by atoms with Crippen LogP contribution in [-0.2, 0) is 0 Å². The van der Waals surface area contributed by atoms with E-state index in [4.69, 9.17) is 19.9 Å². The molecule has 6 heterocycles. The molecule has 0 bridgehead atoms. The number of nitrogens with zero attached hydrogens (tertiary/aromatic N) is 8. The molecule has 0 amide bonds. The summed E-state index contributed by atoms with van der Waals surface area (Å²) in [6.45, 7) is 0. The van der Waals surface area contributed by atoms with Crippen LogP contribution in [-0.4, -0.2) is 38.2 Å². The molecule has 0 N–H and O–H groups in total. The summed E-state index contributed by atoms with van der Waals surface area (Å²) in [6, 6.07) is 120. The van der Waals surface area contributed by atoms with Crippen molar-refractivity contribution in [3.63, 3.8) is 0 Å². The standard InChI is InChI=1S/C46H30N4.C44H28N4/c1-3-12-31(13-4-1)33-14-11-15-35(28-33)45-39-19-7-9-20-41(39)47-46(48-45)32-22-24-37(25-23-32)50-42-21-10-8-18-38(42)40-30-43-34(29-44(40)50)26-27-49(43)36-16-5-2-6-17-36;1-2-13-32(14-3-1)47-26-25-31-27-42-38(28-41(31)47)35-16-7-9-20-40(35)48(42)33-23-21-30(22-24-33)44-45-39-19-8-6-17-37(39)43(46-44)36-18-10-12-29-11-4-5-15-34(29)36/h1-30H;1-28H. The lowest BCUT2D eigenvalue weighted by molar-refractivity contribution is 1.13. The summed E-state index contributed by atoms with van der Waals surface area (Å²) in [4.78, 5) is 20.5. The molecule has 0 aliphatic heterocycles. The number of benzene rings is 14. The van der Waals surface area contributed by atoms with Gasteiger partial charge < -0.3 is 18.3 Å². The maximum absolute atomic E-state index is 5.23. The number of fused-ring (bicyclic) bond motifs is 11.